The molecule has 0 aromatic heterocycles. The van der Waals surface area contributed by atoms with Crippen LogP contribution in [0, 0.1) is 0 Å². The Kier molecular flexibility index (Phi) is 3.89. The summed E-state index contributed by atoms with van der Waals surface area (Å²) < 4.78 is 23.2. The van der Waals surface area contributed by atoms with Crippen LogP contribution in [0.4, 0.5) is 11.4 Å². The number of carbonyl (C=O) groups excluding carboxylic acids is 1. The predicted molar refractivity (Wildman–Crippen MR) is 79.7 cm³/mol. The standard InChI is InChI=1S/C13H19N3O3S/c1-15-13(17)11-4-3-9(14)7-12(11)16(2)10-5-6-20(18,19)8-10/h3-4,7,10H,5-6,8,14H2,1-2H3,(H,15,17). The lowest BCUT2D eigenvalue weighted by Crippen LogP contribution is -2.34. The van der Waals surface area contributed by atoms with Gasteiger partial charge in [0.25, 0.3) is 5.91 Å². The lowest BCUT2D eigenvalue weighted by atomic mass is 10.1. The number of amides is 1. The van der Waals surface area contributed by atoms with Crippen LogP contribution in [0.5, 0.6) is 0 Å². The molecule has 1 atom stereocenters. The number of hydrogen-bond donors (Lipinski definition) is 2. The summed E-state index contributed by atoms with van der Waals surface area (Å²) >= 11 is 0. The number of nitrogens with one attached hydrogen (secondary N) is 1. The summed E-state index contributed by atoms with van der Waals surface area (Å²) in [6, 6.07) is 4.90. The number of nitrogen functional groups attached to an aromatic ring is 1. The number of sulfone groups is 1. The number of hydrogen-bond acceptors (Lipinski definition) is 5. The van der Waals surface area contributed by atoms with E-state index in [0.29, 0.717) is 23.4 Å². The van der Waals surface area contributed by atoms with Gasteiger partial charge in [-0.05, 0) is 24.6 Å². The van der Waals surface area contributed by atoms with Crippen LogP contribution < -0.4 is 16.0 Å². The summed E-state index contributed by atoms with van der Waals surface area (Å²) in [5, 5.41) is 2.58. The van der Waals surface area contributed by atoms with Crippen molar-refractivity contribution in [2.24, 2.45) is 0 Å². The van der Waals surface area contributed by atoms with Crippen molar-refractivity contribution in [1.82, 2.24) is 5.32 Å². The molecule has 1 aliphatic rings. The van der Waals surface area contributed by atoms with Gasteiger partial charge in [-0.25, -0.2) is 8.42 Å². The molecule has 1 aliphatic heterocycles. The highest BCUT2D eigenvalue weighted by Gasteiger charge is 2.32. The average molecular weight is 297 g/mol. The third-order valence-electron chi connectivity index (χ3n) is 3.63. The van der Waals surface area contributed by atoms with Gasteiger partial charge in [0.05, 0.1) is 22.8 Å². The van der Waals surface area contributed by atoms with E-state index in [9.17, 15) is 13.2 Å². The van der Waals surface area contributed by atoms with Crippen LogP contribution in [0.15, 0.2) is 18.2 Å². The van der Waals surface area contributed by atoms with Crippen molar-refractivity contribution >= 4 is 27.1 Å². The van der Waals surface area contributed by atoms with Crippen LogP contribution in [0.3, 0.4) is 0 Å². The van der Waals surface area contributed by atoms with Gasteiger partial charge < -0.3 is 16.0 Å². The van der Waals surface area contributed by atoms with Gasteiger partial charge in [-0.15, -0.1) is 0 Å². The summed E-state index contributed by atoms with van der Waals surface area (Å²) in [6.45, 7) is 0. The molecule has 7 heteroatoms. The molecular formula is C13H19N3O3S. The van der Waals surface area contributed by atoms with E-state index in [2.05, 4.69) is 5.32 Å². The second-order valence-electron chi connectivity index (χ2n) is 5.02. The normalized spacial score (nSPS) is 20.6. The summed E-state index contributed by atoms with van der Waals surface area (Å²) in [5.41, 5.74) is 7.48. The Bertz CT molecular complexity index is 628. The molecule has 0 aliphatic carbocycles. The Balaban J connectivity index is 2.36. The van der Waals surface area contributed by atoms with Gasteiger partial charge in [-0.3, -0.25) is 4.79 Å². The van der Waals surface area contributed by atoms with E-state index in [0.717, 1.165) is 0 Å². The predicted octanol–water partition coefficient (Wildman–Crippen LogP) is 0.252. The van der Waals surface area contributed by atoms with E-state index in [4.69, 9.17) is 5.73 Å². The fourth-order valence-electron chi connectivity index (χ4n) is 2.44. The van der Waals surface area contributed by atoms with E-state index < -0.39 is 9.84 Å². The van der Waals surface area contributed by atoms with Gasteiger partial charge >= 0.3 is 0 Å². The second-order valence-corrected chi connectivity index (χ2v) is 7.25. The van der Waals surface area contributed by atoms with Crippen LogP contribution in [-0.2, 0) is 9.84 Å². The lowest BCUT2D eigenvalue weighted by Gasteiger charge is -2.27. The van der Waals surface area contributed by atoms with Gasteiger partial charge in [0.2, 0.25) is 0 Å². The smallest absolute Gasteiger partial charge is 0.253 e. The van der Waals surface area contributed by atoms with Crippen molar-refractivity contribution in [1.29, 1.82) is 0 Å². The molecule has 6 nitrogen and oxygen atoms in total. The molecule has 3 N–H and O–H groups in total. The summed E-state index contributed by atoms with van der Waals surface area (Å²) in [5.74, 6) is 0.0955. The zero-order valence-corrected chi connectivity index (χ0v) is 12.4. The Morgan fingerprint density at radius 2 is 2.15 bits per heavy atom. The Labute approximate surface area is 118 Å². The van der Waals surface area contributed by atoms with Crippen molar-refractivity contribution < 1.29 is 13.2 Å². The van der Waals surface area contributed by atoms with Crippen molar-refractivity contribution in [2.45, 2.75) is 12.5 Å². The van der Waals surface area contributed by atoms with Crippen LogP contribution in [0.25, 0.3) is 0 Å². The Morgan fingerprint density at radius 3 is 2.70 bits per heavy atom. The van der Waals surface area contributed by atoms with Gasteiger partial charge in [0.1, 0.15) is 0 Å². The first-order valence-electron chi connectivity index (χ1n) is 6.39. The van der Waals surface area contributed by atoms with E-state index in [1.165, 1.54) is 0 Å². The summed E-state index contributed by atoms with van der Waals surface area (Å²) in [6.07, 6.45) is 0.570. The zero-order valence-electron chi connectivity index (χ0n) is 11.6. The minimum absolute atomic E-state index is 0.117. The maximum absolute atomic E-state index is 11.9. The Hall–Kier alpha value is -1.76. The number of nitrogens with zero attached hydrogens (tertiary/aromatic N) is 1. The minimum Gasteiger partial charge on any atom is -0.399 e. The molecule has 0 spiro atoms. The third kappa shape index (κ3) is 2.87. The molecular weight excluding hydrogens is 278 g/mol. The number of carbonyl (C=O) groups is 1. The average Bonchev–Trinajstić information content (AvgIpc) is 2.77. The number of nitrogens with two attached hydrogens (primary N) is 1. The monoisotopic (exact) mass is 297 g/mol. The number of rotatable bonds is 3. The SMILES string of the molecule is CNC(=O)c1ccc(N)cc1N(C)C1CCS(=O)(=O)C1. The molecule has 0 radical (unpaired) electrons. The summed E-state index contributed by atoms with van der Waals surface area (Å²) in [4.78, 5) is 13.7. The third-order valence-corrected chi connectivity index (χ3v) is 5.38. The highest BCUT2D eigenvalue weighted by atomic mass is 32.2. The number of anilines is 2. The molecule has 2 rings (SSSR count). The minimum atomic E-state index is -2.97. The topological polar surface area (TPSA) is 92.5 Å². The van der Waals surface area contributed by atoms with Gasteiger partial charge in [0, 0.05) is 25.8 Å². The maximum atomic E-state index is 11.9. The van der Waals surface area contributed by atoms with Crippen LogP contribution >= 0.6 is 0 Å². The highest BCUT2D eigenvalue weighted by molar-refractivity contribution is 7.91. The first kappa shape index (κ1) is 14.6. The zero-order chi connectivity index (χ0) is 14.9. The molecule has 110 valence electrons. The molecule has 1 unspecified atom stereocenters. The van der Waals surface area contributed by atoms with Crippen LogP contribution in [-0.4, -0.2) is 46.0 Å². The van der Waals surface area contributed by atoms with E-state index in [-0.39, 0.29) is 23.5 Å². The molecule has 1 heterocycles. The molecule has 0 saturated carbocycles. The fourth-order valence-corrected chi connectivity index (χ4v) is 4.22. The number of benzene rings is 1. The van der Waals surface area contributed by atoms with Crippen molar-refractivity contribution in [3.63, 3.8) is 0 Å². The van der Waals surface area contributed by atoms with Gasteiger partial charge in [-0.1, -0.05) is 0 Å². The highest BCUT2D eigenvalue weighted by Crippen LogP contribution is 2.28. The van der Waals surface area contributed by atoms with E-state index in [1.807, 2.05) is 4.90 Å². The lowest BCUT2D eigenvalue weighted by molar-refractivity contribution is 0.0963. The quantitative estimate of drug-likeness (QED) is 0.780. The molecule has 1 amide bonds. The summed E-state index contributed by atoms with van der Waals surface area (Å²) in [7, 11) is 0.386. The molecule has 0 bridgehead atoms. The van der Waals surface area contributed by atoms with Crippen molar-refractivity contribution in [2.75, 3.05) is 36.2 Å². The van der Waals surface area contributed by atoms with Crippen molar-refractivity contribution in [3.05, 3.63) is 23.8 Å². The first-order chi connectivity index (χ1) is 9.34. The van der Waals surface area contributed by atoms with Crippen LogP contribution in [0.2, 0.25) is 0 Å². The second kappa shape index (κ2) is 5.32. The molecule has 20 heavy (non-hydrogen) atoms. The van der Waals surface area contributed by atoms with Crippen molar-refractivity contribution in [3.8, 4) is 0 Å². The largest absolute Gasteiger partial charge is 0.399 e. The first-order valence-corrected chi connectivity index (χ1v) is 8.21. The van der Waals surface area contributed by atoms with Gasteiger partial charge in [-0.2, -0.15) is 0 Å². The molecule has 1 fully saturated rings. The fraction of sp³-hybridized carbons (Fsp3) is 0.462. The van der Waals surface area contributed by atoms with Gasteiger partial charge in [0.15, 0.2) is 9.84 Å². The molecule has 1 aromatic rings. The maximum Gasteiger partial charge on any atom is 0.253 e. The molecule has 1 aromatic carbocycles. The van der Waals surface area contributed by atoms with E-state index in [1.54, 1.807) is 32.3 Å². The van der Waals surface area contributed by atoms with Crippen LogP contribution in [0.1, 0.15) is 16.8 Å². The Morgan fingerprint density at radius 1 is 1.45 bits per heavy atom. The molecule has 1 saturated heterocycles. The van der Waals surface area contributed by atoms with E-state index >= 15 is 0 Å².